The van der Waals surface area contributed by atoms with E-state index >= 15 is 0 Å². The van der Waals surface area contributed by atoms with Crippen LogP contribution in [0.2, 0.25) is 5.02 Å². The second-order valence-corrected chi connectivity index (χ2v) is 9.77. The Morgan fingerprint density at radius 1 is 1.08 bits per heavy atom. The normalized spacial score (nSPS) is 16.5. The number of rotatable bonds is 8. The highest BCUT2D eigenvalue weighted by Gasteiger charge is 2.35. The molecule has 192 valence electrons. The van der Waals surface area contributed by atoms with Gasteiger partial charge in [0.15, 0.2) is 16.7 Å². The molecule has 1 aliphatic rings. The lowest BCUT2D eigenvalue weighted by Gasteiger charge is -2.32. The smallest absolute Gasteiger partial charge is 0.238 e. The number of ether oxygens (including phenoxy) is 2. The van der Waals surface area contributed by atoms with Gasteiger partial charge in [0, 0.05) is 23.7 Å². The van der Waals surface area contributed by atoms with Crippen LogP contribution in [0.4, 0.5) is 15.8 Å². The molecule has 3 aromatic carbocycles. The molecule has 1 fully saturated rings. The molecule has 4 rings (SSSR count). The Morgan fingerprint density at radius 2 is 1.78 bits per heavy atom. The molecule has 0 saturated carbocycles. The van der Waals surface area contributed by atoms with Gasteiger partial charge < -0.3 is 14.8 Å². The second-order valence-electron chi connectivity index (χ2n) is 8.16. The van der Waals surface area contributed by atoms with Crippen molar-refractivity contribution in [1.29, 1.82) is 0 Å². The Labute approximate surface area is 223 Å². The number of benzene rings is 3. The van der Waals surface area contributed by atoms with E-state index in [1.54, 1.807) is 43.4 Å². The molecule has 1 saturated heterocycles. The number of aliphatic imine (C=N–C) groups is 1. The van der Waals surface area contributed by atoms with Crippen molar-refractivity contribution in [2.75, 3.05) is 26.1 Å². The number of hydrogen-bond acceptors (Lipinski definition) is 6. The Hall–Kier alpha value is -3.56. The number of anilines is 1. The van der Waals surface area contributed by atoms with Crippen molar-refractivity contribution in [3.8, 4) is 11.5 Å². The van der Waals surface area contributed by atoms with E-state index in [4.69, 9.17) is 21.1 Å². The molecule has 0 aliphatic carbocycles. The Kier molecular flexibility index (Phi) is 8.68. The predicted molar refractivity (Wildman–Crippen MR) is 145 cm³/mol. The summed E-state index contributed by atoms with van der Waals surface area (Å²) in [4.78, 5) is 32.5. The van der Waals surface area contributed by atoms with Gasteiger partial charge >= 0.3 is 0 Å². The van der Waals surface area contributed by atoms with E-state index in [-0.39, 0.29) is 18.2 Å². The Bertz CT molecular complexity index is 1300. The van der Waals surface area contributed by atoms with Crippen molar-refractivity contribution >= 4 is 51.7 Å². The first-order valence-electron chi connectivity index (χ1n) is 11.4. The van der Waals surface area contributed by atoms with Crippen LogP contribution in [0.25, 0.3) is 0 Å². The number of amides is 2. The molecular formula is C27H25ClFN3O4S. The third kappa shape index (κ3) is 6.81. The van der Waals surface area contributed by atoms with Crippen LogP contribution in [0.15, 0.2) is 71.7 Å². The van der Waals surface area contributed by atoms with Crippen LogP contribution in [0.1, 0.15) is 12.0 Å². The van der Waals surface area contributed by atoms with E-state index < -0.39 is 11.1 Å². The number of amidine groups is 1. The minimum absolute atomic E-state index is 0.00324. The van der Waals surface area contributed by atoms with Crippen molar-refractivity contribution < 1.29 is 23.5 Å². The summed E-state index contributed by atoms with van der Waals surface area (Å²) in [7, 11) is 3.14. The third-order valence-electron chi connectivity index (χ3n) is 5.67. The quantitative estimate of drug-likeness (QED) is 0.396. The van der Waals surface area contributed by atoms with Crippen molar-refractivity contribution in [1.82, 2.24) is 4.90 Å². The monoisotopic (exact) mass is 541 g/mol. The number of nitrogens with zero attached hydrogens (tertiary/aromatic N) is 2. The lowest BCUT2D eigenvalue weighted by molar-refractivity contribution is -0.129. The van der Waals surface area contributed by atoms with Crippen LogP contribution >= 0.6 is 23.4 Å². The molecule has 37 heavy (non-hydrogen) atoms. The average molecular weight is 542 g/mol. The molecule has 1 aliphatic heterocycles. The summed E-state index contributed by atoms with van der Waals surface area (Å²) in [6.45, 7) is 0.361. The van der Waals surface area contributed by atoms with Crippen molar-refractivity contribution in [3.63, 3.8) is 0 Å². The zero-order chi connectivity index (χ0) is 26.4. The number of methoxy groups -OCH3 is 2. The summed E-state index contributed by atoms with van der Waals surface area (Å²) in [6.07, 6.45) is 0.544. The van der Waals surface area contributed by atoms with E-state index in [9.17, 15) is 14.0 Å². The van der Waals surface area contributed by atoms with Gasteiger partial charge in [-0.15, -0.1) is 0 Å². The third-order valence-corrected chi connectivity index (χ3v) is 7.11. The van der Waals surface area contributed by atoms with Crippen LogP contribution in [0, 0.1) is 5.82 Å². The number of thioether (sulfide) groups is 1. The van der Waals surface area contributed by atoms with Gasteiger partial charge in [0.2, 0.25) is 11.8 Å². The van der Waals surface area contributed by atoms with Crippen LogP contribution in [-0.2, 0) is 16.0 Å². The molecule has 0 bridgehead atoms. The van der Waals surface area contributed by atoms with Crippen LogP contribution in [0.3, 0.4) is 0 Å². The standard InChI is InChI=1S/C27H25ClFN3O4S/c1-35-22-12-3-17(15-23(22)36-2)13-14-32-25(33)16-24(26(34)30-20-10-6-19(29)7-11-20)37-27(32)31-21-8-4-18(28)5-9-21/h3-12,15,24H,13-14,16H2,1-2H3,(H,30,34)/t24-/m1/s1. The van der Waals surface area contributed by atoms with Gasteiger partial charge in [-0.25, -0.2) is 9.38 Å². The first kappa shape index (κ1) is 26.5. The molecule has 0 spiro atoms. The van der Waals surface area contributed by atoms with Gasteiger partial charge in [0.05, 0.1) is 19.9 Å². The van der Waals surface area contributed by atoms with Gasteiger partial charge in [-0.1, -0.05) is 29.4 Å². The molecule has 1 atom stereocenters. The summed E-state index contributed by atoms with van der Waals surface area (Å²) >= 11 is 7.22. The average Bonchev–Trinajstić information content (AvgIpc) is 2.90. The molecule has 7 nitrogen and oxygen atoms in total. The fourth-order valence-electron chi connectivity index (χ4n) is 3.72. The maximum Gasteiger partial charge on any atom is 0.238 e. The minimum atomic E-state index is -0.694. The van der Waals surface area contributed by atoms with E-state index in [0.29, 0.717) is 46.0 Å². The molecule has 10 heteroatoms. The topological polar surface area (TPSA) is 80.2 Å². The SMILES string of the molecule is COc1ccc(CCN2C(=O)C[C@H](C(=O)Nc3ccc(F)cc3)SC2=Nc2ccc(Cl)cc2)cc1OC. The summed E-state index contributed by atoms with van der Waals surface area (Å²) in [5.41, 5.74) is 2.01. The number of carbonyl (C=O) groups excluding carboxylic acids is 2. The van der Waals surface area contributed by atoms with Gasteiger partial charge in [-0.3, -0.25) is 14.5 Å². The van der Waals surface area contributed by atoms with Crippen molar-refractivity contribution in [3.05, 3.63) is 83.1 Å². The fourth-order valence-corrected chi connectivity index (χ4v) is 4.97. The number of carbonyl (C=O) groups is 2. The van der Waals surface area contributed by atoms with Gasteiger partial charge in [0.25, 0.3) is 0 Å². The fraction of sp³-hybridized carbons (Fsp3) is 0.222. The summed E-state index contributed by atoms with van der Waals surface area (Å²) in [5, 5.41) is 3.04. The zero-order valence-corrected chi connectivity index (χ0v) is 21.8. The number of halogens is 2. The highest BCUT2D eigenvalue weighted by molar-refractivity contribution is 8.15. The largest absolute Gasteiger partial charge is 0.493 e. The maximum absolute atomic E-state index is 13.2. The first-order valence-corrected chi connectivity index (χ1v) is 12.7. The molecule has 1 N–H and O–H groups in total. The second kappa shape index (κ2) is 12.1. The molecule has 0 radical (unpaired) electrons. The Balaban J connectivity index is 1.55. The van der Waals surface area contributed by atoms with E-state index in [1.807, 2.05) is 18.2 Å². The molecular weight excluding hydrogens is 517 g/mol. The molecule has 0 unspecified atom stereocenters. The molecule has 1 heterocycles. The molecule has 0 aromatic heterocycles. The number of hydrogen-bond donors (Lipinski definition) is 1. The zero-order valence-electron chi connectivity index (χ0n) is 20.2. The lowest BCUT2D eigenvalue weighted by atomic mass is 10.1. The van der Waals surface area contributed by atoms with E-state index in [1.165, 1.54) is 36.0 Å². The first-order chi connectivity index (χ1) is 17.9. The van der Waals surface area contributed by atoms with E-state index in [2.05, 4.69) is 10.3 Å². The highest BCUT2D eigenvalue weighted by Crippen LogP contribution is 2.32. The van der Waals surface area contributed by atoms with Crippen molar-refractivity contribution in [2.24, 2.45) is 4.99 Å². The minimum Gasteiger partial charge on any atom is -0.493 e. The van der Waals surface area contributed by atoms with Gasteiger partial charge in [0.1, 0.15) is 11.1 Å². The summed E-state index contributed by atoms with van der Waals surface area (Å²) < 4.78 is 23.9. The highest BCUT2D eigenvalue weighted by atomic mass is 35.5. The molecule has 2 amide bonds. The van der Waals surface area contributed by atoms with Gasteiger partial charge in [-0.05, 0) is 72.6 Å². The summed E-state index contributed by atoms with van der Waals surface area (Å²) in [5.74, 6) is 0.255. The lowest BCUT2D eigenvalue weighted by Crippen LogP contribution is -2.46. The maximum atomic E-state index is 13.2. The van der Waals surface area contributed by atoms with Gasteiger partial charge in [-0.2, -0.15) is 0 Å². The van der Waals surface area contributed by atoms with Crippen LogP contribution < -0.4 is 14.8 Å². The van der Waals surface area contributed by atoms with Crippen LogP contribution in [0.5, 0.6) is 11.5 Å². The Morgan fingerprint density at radius 3 is 2.46 bits per heavy atom. The predicted octanol–water partition coefficient (Wildman–Crippen LogP) is 5.70. The summed E-state index contributed by atoms with van der Waals surface area (Å²) in [6, 6.07) is 18.0. The number of nitrogens with one attached hydrogen (secondary N) is 1. The van der Waals surface area contributed by atoms with Crippen LogP contribution in [-0.4, -0.2) is 47.9 Å². The van der Waals surface area contributed by atoms with Crippen molar-refractivity contribution in [2.45, 2.75) is 18.1 Å². The van der Waals surface area contributed by atoms with E-state index in [0.717, 1.165) is 5.56 Å². The molecule has 3 aromatic rings.